The lowest BCUT2D eigenvalue weighted by Crippen LogP contribution is -2.21. The highest BCUT2D eigenvalue weighted by molar-refractivity contribution is 5.56. The van der Waals surface area contributed by atoms with Gasteiger partial charge in [-0.3, -0.25) is 0 Å². The van der Waals surface area contributed by atoms with Gasteiger partial charge in [0.25, 0.3) is 0 Å². The van der Waals surface area contributed by atoms with Gasteiger partial charge in [-0.15, -0.1) is 0 Å². The van der Waals surface area contributed by atoms with Crippen molar-refractivity contribution in [3.63, 3.8) is 0 Å². The maximum absolute atomic E-state index is 2.58. The van der Waals surface area contributed by atoms with E-state index in [1.807, 2.05) is 0 Å². The Kier molecular flexibility index (Phi) is 2.40. The minimum Gasteiger partial charge on any atom is -0.371 e. The second-order valence-corrected chi connectivity index (χ2v) is 4.88. The topological polar surface area (TPSA) is 3.24 Å². The lowest BCUT2D eigenvalue weighted by Gasteiger charge is -2.31. The summed E-state index contributed by atoms with van der Waals surface area (Å²) in [6, 6.07) is 9.06. The predicted octanol–water partition coefficient (Wildman–Crippen LogP) is 3.55. The third kappa shape index (κ3) is 1.64. The Balaban J connectivity index is 1.90. The van der Waals surface area contributed by atoms with Crippen molar-refractivity contribution in [3.05, 3.63) is 29.8 Å². The Labute approximate surface area is 92.1 Å². The van der Waals surface area contributed by atoms with Crippen LogP contribution in [0.4, 0.5) is 5.69 Å². The molecule has 1 aromatic carbocycles. The highest BCUT2D eigenvalue weighted by Crippen LogP contribution is 2.41. The summed E-state index contributed by atoms with van der Waals surface area (Å²) < 4.78 is 0. The lowest BCUT2D eigenvalue weighted by molar-refractivity contribution is 0.420. The third-order valence-electron chi connectivity index (χ3n) is 3.93. The standard InChI is InChI=1S/C14H19N/c1-2-9-14(15-10-3-4-11-15)13(8-1)12-6-5-7-12/h1-2,8-9,12H,3-7,10-11H2. The molecular formula is C14H19N. The molecule has 0 amide bonds. The van der Waals surface area contributed by atoms with Crippen molar-refractivity contribution in [3.8, 4) is 0 Å². The molecule has 1 heteroatoms. The molecule has 0 radical (unpaired) electrons. The molecule has 1 aliphatic heterocycles. The molecule has 3 rings (SSSR count). The molecule has 0 N–H and O–H groups in total. The molecule has 1 saturated carbocycles. The van der Waals surface area contributed by atoms with Crippen LogP contribution in [0.25, 0.3) is 0 Å². The van der Waals surface area contributed by atoms with Crippen LogP contribution in [0.3, 0.4) is 0 Å². The van der Waals surface area contributed by atoms with E-state index in [9.17, 15) is 0 Å². The van der Waals surface area contributed by atoms with Crippen LogP contribution in [0.2, 0.25) is 0 Å². The molecule has 0 bridgehead atoms. The Bertz CT molecular complexity index is 335. The number of nitrogens with zero attached hydrogens (tertiary/aromatic N) is 1. The van der Waals surface area contributed by atoms with E-state index >= 15 is 0 Å². The molecule has 0 atom stereocenters. The molecule has 2 fully saturated rings. The maximum atomic E-state index is 2.58. The zero-order chi connectivity index (χ0) is 10.1. The summed E-state index contributed by atoms with van der Waals surface area (Å²) in [4.78, 5) is 2.58. The first kappa shape index (κ1) is 9.26. The summed E-state index contributed by atoms with van der Waals surface area (Å²) in [5, 5.41) is 0. The molecule has 80 valence electrons. The summed E-state index contributed by atoms with van der Waals surface area (Å²) in [5.41, 5.74) is 3.14. The minimum absolute atomic E-state index is 0.863. The van der Waals surface area contributed by atoms with Crippen LogP contribution in [0.15, 0.2) is 24.3 Å². The Morgan fingerprint density at radius 1 is 0.933 bits per heavy atom. The van der Waals surface area contributed by atoms with Gasteiger partial charge < -0.3 is 4.90 Å². The largest absolute Gasteiger partial charge is 0.371 e. The molecule has 0 aromatic heterocycles. The van der Waals surface area contributed by atoms with Crippen LogP contribution >= 0.6 is 0 Å². The van der Waals surface area contributed by atoms with Crippen LogP contribution in [0.5, 0.6) is 0 Å². The van der Waals surface area contributed by atoms with Gasteiger partial charge in [-0.1, -0.05) is 24.6 Å². The molecule has 1 saturated heterocycles. The lowest BCUT2D eigenvalue weighted by atomic mass is 9.79. The minimum atomic E-state index is 0.863. The van der Waals surface area contributed by atoms with Crippen molar-refractivity contribution in [1.82, 2.24) is 0 Å². The van der Waals surface area contributed by atoms with Gasteiger partial charge in [-0.2, -0.15) is 0 Å². The van der Waals surface area contributed by atoms with E-state index in [0.717, 1.165) is 5.92 Å². The zero-order valence-electron chi connectivity index (χ0n) is 9.28. The highest BCUT2D eigenvalue weighted by atomic mass is 15.1. The maximum Gasteiger partial charge on any atom is 0.0401 e. The first-order valence-corrected chi connectivity index (χ1v) is 6.29. The van der Waals surface area contributed by atoms with E-state index < -0.39 is 0 Å². The average Bonchev–Trinajstić information content (AvgIpc) is 2.69. The van der Waals surface area contributed by atoms with Crippen molar-refractivity contribution >= 4 is 5.69 Å². The first-order chi connectivity index (χ1) is 7.45. The second kappa shape index (κ2) is 3.88. The third-order valence-corrected chi connectivity index (χ3v) is 3.93. The van der Waals surface area contributed by atoms with E-state index in [2.05, 4.69) is 29.2 Å². The SMILES string of the molecule is c1ccc(N2CCCC2)c(C2CCC2)c1. The average molecular weight is 201 g/mol. The fourth-order valence-corrected chi connectivity index (χ4v) is 2.80. The fraction of sp³-hybridized carbons (Fsp3) is 0.571. The second-order valence-electron chi connectivity index (χ2n) is 4.88. The predicted molar refractivity (Wildman–Crippen MR) is 64.5 cm³/mol. The molecule has 0 spiro atoms. The van der Waals surface area contributed by atoms with Crippen molar-refractivity contribution in [2.45, 2.75) is 38.0 Å². The molecule has 1 aromatic rings. The van der Waals surface area contributed by atoms with Crippen molar-refractivity contribution in [2.75, 3.05) is 18.0 Å². The van der Waals surface area contributed by atoms with Crippen molar-refractivity contribution in [1.29, 1.82) is 0 Å². The van der Waals surface area contributed by atoms with Gasteiger partial charge in [0.1, 0.15) is 0 Å². The summed E-state index contributed by atoms with van der Waals surface area (Å²) >= 11 is 0. The number of benzene rings is 1. The summed E-state index contributed by atoms with van der Waals surface area (Å²) in [6.45, 7) is 2.54. The molecule has 1 aliphatic carbocycles. The summed E-state index contributed by atoms with van der Waals surface area (Å²) in [7, 11) is 0. The van der Waals surface area contributed by atoms with Crippen molar-refractivity contribution in [2.24, 2.45) is 0 Å². The van der Waals surface area contributed by atoms with E-state index in [1.54, 1.807) is 5.56 Å². The van der Waals surface area contributed by atoms with Crippen LogP contribution < -0.4 is 4.90 Å². The molecule has 1 heterocycles. The Morgan fingerprint density at radius 2 is 1.67 bits per heavy atom. The number of rotatable bonds is 2. The number of para-hydroxylation sites is 1. The van der Waals surface area contributed by atoms with Gasteiger partial charge in [0.05, 0.1) is 0 Å². The van der Waals surface area contributed by atoms with E-state index in [1.165, 1.54) is 50.9 Å². The molecule has 15 heavy (non-hydrogen) atoms. The molecular weight excluding hydrogens is 182 g/mol. The van der Waals surface area contributed by atoms with E-state index in [4.69, 9.17) is 0 Å². The van der Waals surface area contributed by atoms with Crippen LogP contribution in [-0.4, -0.2) is 13.1 Å². The monoisotopic (exact) mass is 201 g/mol. The van der Waals surface area contributed by atoms with Gasteiger partial charge in [-0.05, 0) is 43.2 Å². The smallest absolute Gasteiger partial charge is 0.0401 e. The zero-order valence-corrected chi connectivity index (χ0v) is 9.28. The van der Waals surface area contributed by atoms with Gasteiger partial charge in [0.15, 0.2) is 0 Å². The number of hydrogen-bond acceptors (Lipinski definition) is 1. The quantitative estimate of drug-likeness (QED) is 0.707. The summed E-state index contributed by atoms with van der Waals surface area (Å²) in [5.74, 6) is 0.863. The molecule has 2 aliphatic rings. The Morgan fingerprint density at radius 3 is 2.33 bits per heavy atom. The van der Waals surface area contributed by atoms with Gasteiger partial charge in [0, 0.05) is 18.8 Å². The van der Waals surface area contributed by atoms with Crippen LogP contribution in [0, 0.1) is 0 Å². The first-order valence-electron chi connectivity index (χ1n) is 6.29. The normalized spacial score (nSPS) is 21.7. The Hall–Kier alpha value is -0.980. The van der Waals surface area contributed by atoms with E-state index in [-0.39, 0.29) is 0 Å². The molecule has 0 unspecified atom stereocenters. The van der Waals surface area contributed by atoms with Crippen LogP contribution in [-0.2, 0) is 0 Å². The fourth-order valence-electron chi connectivity index (χ4n) is 2.80. The van der Waals surface area contributed by atoms with Gasteiger partial charge in [0.2, 0.25) is 0 Å². The number of anilines is 1. The number of hydrogen-bond donors (Lipinski definition) is 0. The van der Waals surface area contributed by atoms with Gasteiger partial charge in [-0.25, -0.2) is 0 Å². The summed E-state index contributed by atoms with van der Waals surface area (Å²) in [6.07, 6.45) is 6.99. The van der Waals surface area contributed by atoms with E-state index in [0.29, 0.717) is 0 Å². The van der Waals surface area contributed by atoms with Crippen LogP contribution in [0.1, 0.15) is 43.6 Å². The van der Waals surface area contributed by atoms with Gasteiger partial charge >= 0.3 is 0 Å². The van der Waals surface area contributed by atoms with Crippen molar-refractivity contribution < 1.29 is 0 Å². The highest BCUT2D eigenvalue weighted by Gasteiger charge is 2.24. The molecule has 1 nitrogen and oxygen atoms in total.